The van der Waals surface area contributed by atoms with Crippen molar-refractivity contribution in [3.8, 4) is 0 Å². The number of nitro groups is 1. The first-order valence-electron chi connectivity index (χ1n) is 8.11. The number of anilines is 2. The van der Waals surface area contributed by atoms with Crippen molar-refractivity contribution in [2.24, 2.45) is 0 Å². The van der Waals surface area contributed by atoms with Crippen molar-refractivity contribution < 1.29 is 14.5 Å². The Kier molecular flexibility index (Phi) is 5.18. The number of nitro benzene ring substituents is 1. The second-order valence-corrected chi connectivity index (χ2v) is 6.36. The van der Waals surface area contributed by atoms with E-state index in [-0.39, 0.29) is 22.2 Å². The molecular weight excluding hydrogens is 358 g/mol. The predicted octanol–water partition coefficient (Wildman–Crippen LogP) is 4.02. The van der Waals surface area contributed by atoms with E-state index in [0.29, 0.717) is 18.7 Å². The second kappa shape index (κ2) is 7.53. The fourth-order valence-electron chi connectivity index (χ4n) is 2.85. The van der Waals surface area contributed by atoms with E-state index in [1.165, 1.54) is 18.2 Å². The molecule has 7 nitrogen and oxygen atoms in total. The van der Waals surface area contributed by atoms with E-state index in [4.69, 9.17) is 11.6 Å². The first-order chi connectivity index (χ1) is 12.5. The molecule has 0 aliphatic carbocycles. The molecular formula is C18H16ClN3O4. The summed E-state index contributed by atoms with van der Waals surface area (Å²) in [6.45, 7) is 0.680. The van der Waals surface area contributed by atoms with Gasteiger partial charge in [0.2, 0.25) is 5.91 Å². The molecule has 0 radical (unpaired) electrons. The quantitative estimate of drug-likeness (QED) is 0.647. The van der Waals surface area contributed by atoms with Crippen molar-refractivity contribution in [2.75, 3.05) is 16.8 Å². The van der Waals surface area contributed by atoms with Gasteiger partial charge in [-0.05, 0) is 49.2 Å². The first-order valence-corrected chi connectivity index (χ1v) is 8.49. The van der Waals surface area contributed by atoms with Crippen LogP contribution in [0.3, 0.4) is 0 Å². The summed E-state index contributed by atoms with van der Waals surface area (Å²) in [7, 11) is 0. The van der Waals surface area contributed by atoms with Crippen LogP contribution in [0.15, 0.2) is 42.5 Å². The average Bonchev–Trinajstić information content (AvgIpc) is 2.62. The van der Waals surface area contributed by atoms with Gasteiger partial charge in [-0.3, -0.25) is 19.7 Å². The molecule has 1 aliphatic rings. The molecule has 2 aromatic rings. The van der Waals surface area contributed by atoms with Crippen LogP contribution in [0.1, 0.15) is 29.6 Å². The maximum atomic E-state index is 12.4. The fraction of sp³-hybridized carbons (Fsp3) is 0.222. The molecule has 1 heterocycles. The molecule has 0 bridgehead atoms. The van der Waals surface area contributed by atoms with Crippen LogP contribution in [0.25, 0.3) is 0 Å². The second-order valence-electron chi connectivity index (χ2n) is 5.92. The molecule has 26 heavy (non-hydrogen) atoms. The SMILES string of the molecule is O=C(Nc1ccc(N2CCCCC2=O)cc1)c1cc(Cl)ccc1[N+](=O)[O-]. The van der Waals surface area contributed by atoms with E-state index in [2.05, 4.69) is 5.32 Å². The number of carbonyl (C=O) groups excluding carboxylic acids is 2. The van der Waals surface area contributed by atoms with Crippen LogP contribution in [0.5, 0.6) is 0 Å². The zero-order valence-electron chi connectivity index (χ0n) is 13.8. The third-order valence-corrected chi connectivity index (χ3v) is 4.40. The van der Waals surface area contributed by atoms with Gasteiger partial charge in [0.25, 0.3) is 11.6 Å². The Morgan fingerprint density at radius 1 is 1.15 bits per heavy atom. The highest BCUT2D eigenvalue weighted by Crippen LogP contribution is 2.25. The lowest BCUT2D eigenvalue weighted by molar-refractivity contribution is -0.385. The molecule has 0 atom stereocenters. The summed E-state index contributed by atoms with van der Waals surface area (Å²) in [6.07, 6.45) is 2.40. The molecule has 8 heteroatoms. The van der Waals surface area contributed by atoms with Gasteiger partial charge >= 0.3 is 0 Å². The summed E-state index contributed by atoms with van der Waals surface area (Å²) < 4.78 is 0. The Labute approximate surface area is 154 Å². The average molecular weight is 374 g/mol. The Balaban J connectivity index is 1.77. The highest BCUT2D eigenvalue weighted by atomic mass is 35.5. The van der Waals surface area contributed by atoms with Crippen LogP contribution in [-0.4, -0.2) is 23.3 Å². The number of nitrogens with one attached hydrogen (secondary N) is 1. The number of hydrogen-bond acceptors (Lipinski definition) is 4. The smallest absolute Gasteiger partial charge is 0.282 e. The van der Waals surface area contributed by atoms with Gasteiger partial charge in [0.15, 0.2) is 0 Å². The van der Waals surface area contributed by atoms with Gasteiger partial charge in [0.1, 0.15) is 5.56 Å². The zero-order valence-corrected chi connectivity index (χ0v) is 14.5. The first kappa shape index (κ1) is 17.9. The summed E-state index contributed by atoms with van der Waals surface area (Å²) in [4.78, 5) is 36.5. The number of nitrogens with zero attached hydrogens (tertiary/aromatic N) is 2. The van der Waals surface area contributed by atoms with E-state index >= 15 is 0 Å². The molecule has 0 unspecified atom stereocenters. The molecule has 1 fully saturated rings. The van der Waals surface area contributed by atoms with Gasteiger partial charge in [0, 0.05) is 35.4 Å². The monoisotopic (exact) mass is 373 g/mol. The number of benzene rings is 2. The summed E-state index contributed by atoms with van der Waals surface area (Å²) in [5, 5.41) is 13.9. The molecule has 0 spiro atoms. The normalized spacial score (nSPS) is 14.2. The molecule has 3 rings (SSSR count). The molecule has 2 aromatic carbocycles. The fourth-order valence-corrected chi connectivity index (χ4v) is 3.02. The van der Waals surface area contributed by atoms with Gasteiger partial charge in [-0.2, -0.15) is 0 Å². The highest BCUT2D eigenvalue weighted by Gasteiger charge is 2.22. The van der Waals surface area contributed by atoms with Gasteiger partial charge < -0.3 is 10.2 Å². The maximum Gasteiger partial charge on any atom is 0.282 e. The van der Waals surface area contributed by atoms with Crippen molar-refractivity contribution >= 4 is 40.5 Å². The largest absolute Gasteiger partial charge is 0.322 e. The summed E-state index contributed by atoms with van der Waals surface area (Å²) in [6, 6.07) is 10.6. The van der Waals surface area contributed by atoms with Gasteiger partial charge in [-0.25, -0.2) is 0 Å². The van der Waals surface area contributed by atoms with Crippen LogP contribution < -0.4 is 10.2 Å². The summed E-state index contributed by atoms with van der Waals surface area (Å²) >= 11 is 5.85. The Bertz CT molecular complexity index is 867. The number of halogens is 1. The minimum Gasteiger partial charge on any atom is -0.322 e. The lowest BCUT2D eigenvalue weighted by Gasteiger charge is -2.26. The van der Waals surface area contributed by atoms with Crippen molar-refractivity contribution in [2.45, 2.75) is 19.3 Å². The lowest BCUT2D eigenvalue weighted by Crippen LogP contribution is -2.35. The van der Waals surface area contributed by atoms with Gasteiger partial charge in [0.05, 0.1) is 4.92 Å². The molecule has 2 amide bonds. The third kappa shape index (κ3) is 3.83. The number of carbonyl (C=O) groups is 2. The van der Waals surface area contributed by atoms with Crippen LogP contribution >= 0.6 is 11.6 Å². The van der Waals surface area contributed by atoms with Crippen LogP contribution in [0, 0.1) is 10.1 Å². The van der Waals surface area contributed by atoms with Gasteiger partial charge in [-0.15, -0.1) is 0 Å². The number of amides is 2. The maximum absolute atomic E-state index is 12.4. The van der Waals surface area contributed by atoms with E-state index in [1.54, 1.807) is 29.2 Å². The Morgan fingerprint density at radius 3 is 2.54 bits per heavy atom. The topological polar surface area (TPSA) is 92.6 Å². The molecule has 1 N–H and O–H groups in total. The number of piperidine rings is 1. The van der Waals surface area contributed by atoms with E-state index in [1.807, 2.05) is 0 Å². The molecule has 0 aromatic heterocycles. The minimum atomic E-state index is -0.629. The Hall–Kier alpha value is -2.93. The van der Waals surface area contributed by atoms with E-state index in [0.717, 1.165) is 18.5 Å². The standard InChI is InChI=1S/C18H16ClN3O4/c19-12-4-9-16(22(25)26)15(11-12)18(24)20-13-5-7-14(8-6-13)21-10-2-1-3-17(21)23/h4-9,11H,1-3,10H2,(H,20,24). The predicted molar refractivity (Wildman–Crippen MR) is 98.7 cm³/mol. The molecule has 1 saturated heterocycles. The summed E-state index contributed by atoms with van der Waals surface area (Å²) in [5.74, 6) is -0.538. The summed E-state index contributed by atoms with van der Waals surface area (Å²) in [5.41, 5.74) is 0.805. The molecule has 134 valence electrons. The molecule has 1 aliphatic heterocycles. The van der Waals surface area contributed by atoms with Crippen molar-refractivity contribution in [3.63, 3.8) is 0 Å². The lowest BCUT2D eigenvalue weighted by atomic mass is 10.1. The minimum absolute atomic E-state index is 0.0857. The van der Waals surface area contributed by atoms with E-state index in [9.17, 15) is 19.7 Å². The van der Waals surface area contributed by atoms with Gasteiger partial charge in [-0.1, -0.05) is 11.6 Å². The van der Waals surface area contributed by atoms with Crippen molar-refractivity contribution in [3.05, 3.63) is 63.2 Å². The zero-order chi connectivity index (χ0) is 18.7. The van der Waals surface area contributed by atoms with Crippen LogP contribution in [0.2, 0.25) is 5.02 Å². The molecule has 0 saturated carbocycles. The number of rotatable bonds is 4. The highest BCUT2D eigenvalue weighted by molar-refractivity contribution is 6.31. The number of hydrogen-bond donors (Lipinski definition) is 1. The van der Waals surface area contributed by atoms with Crippen molar-refractivity contribution in [1.29, 1.82) is 0 Å². The Morgan fingerprint density at radius 2 is 1.88 bits per heavy atom. The van der Waals surface area contributed by atoms with Crippen LogP contribution in [0.4, 0.5) is 17.1 Å². The van der Waals surface area contributed by atoms with E-state index < -0.39 is 10.8 Å². The van der Waals surface area contributed by atoms with Crippen molar-refractivity contribution in [1.82, 2.24) is 0 Å². The third-order valence-electron chi connectivity index (χ3n) is 4.16. The van der Waals surface area contributed by atoms with Crippen LogP contribution in [-0.2, 0) is 4.79 Å².